The summed E-state index contributed by atoms with van der Waals surface area (Å²) >= 11 is 0. The van der Waals surface area contributed by atoms with Crippen molar-refractivity contribution in [3.8, 4) is 5.75 Å². The van der Waals surface area contributed by atoms with Crippen molar-refractivity contribution in [2.75, 3.05) is 26.9 Å². The Bertz CT molecular complexity index is 892. The van der Waals surface area contributed by atoms with E-state index in [9.17, 15) is 4.79 Å². The number of aromatic nitrogens is 2. The minimum atomic E-state index is -0.317. The number of carbonyl (C=O) groups excluding carboxylic acids is 1. The summed E-state index contributed by atoms with van der Waals surface area (Å²) in [4.78, 5) is 15.8. The number of methoxy groups -OCH3 is 1. The quantitative estimate of drug-likeness (QED) is 0.353. The maximum atomic E-state index is 11.7. The van der Waals surface area contributed by atoms with Gasteiger partial charge < -0.3 is 23.5 Å². The van der Waals surface area contributed by atoms with Crippen molar-refractivity contribution in [3.63, 3.8) is 0 Å². The summed E-state index contributed by atoms with van der Waals surface area (Å²) in [6.07, 6.45) is 5.00. The zero-order valence-electron chi connectivity index (χ0n) is 17.2. The second-order valence-electron chi connectivity index (χ2n) is 6.48. The molecule has 1 unspecified atom stereocenters. The predicted octanol–water partition coefficient (Wildman–Crippen LogP) is 3.85. The lowest BCUT2D eigenvalue weighted by Gasteiger charge is -2.20. The molecule has 0 fully saturated rings. The van der Waals surface area contributed by atoms with Gasteiger partial charge in [-0.1, -0.05) is 24.3 Å². The van der Waals surface area contributed by atoms with E-state index in [2.05, 4.69) is 4.98 Å². The van der Waals surface area contributed by atoms with Gasteiger partial charge in [-0.3, -0.25) is 0 Å². The van der Waals surface area contributed by atoms with Gasteiger partial charge in [0.05, 0.1) is 45.4 Å². The third-order valence-corrected chi connectivity index (χ3v) is 4.43. The van der Waals surface area contributed by atoms with Gasteiger partial charge in [-0.25, -0.2) is 9.78 Å². The Balaban J connectivity index is 1.49. The van der Waals surface area contributed by atoms with Crippen LogP contribution in [0.4, 0.5) is 0 Å². The highest BCUT2D eigenvalue weighted by Gasteiger charge is 2.14. The summed E-state index contributed by atoms with van der Waals surface area (Å²) in [5.41, 5.74) is 2.50. The van der Waals surface area contributed by atoms with Crippen LogP contribution in [0.15, 0.2) is 67.3 Å². The molecule has 2 aromatic carbocycles. The maximum absolute atomic E-state index is 11.7. The van der Waals surface area contributed by atoms with E-state index in [0.29, 0.717) is 32.0 Å². The first-order valence-electron chi connectivity index (χ1n) is 9.78. The largest absolute Gasteiger partial charge is 0.497 e. The molecule has 7 nitrogen and oxygen atoms in total. The molecule has 30 heavy (non-hydrogen) atoms. The normalized spacial score (nSPS) is 11.8. The second kappa shape index (κ2) is 11.1. The smallest absolute Gasteiger partial charge is 0.338 e. The zero-order chi connectivity index (χ0) is 21.2. The number of hydrogen-bond donors (Lipinski definition) is 0. The summed E-state index contributed by atoms with van der Waals surface area (Å²) in [5, 5.41) is 0. The van der Waals surface area contributed by atoms with Gasteiger partial charge in [0.15, 0.2) is 6.23 Å². The highest BCUT2D eigenvalue weighted by molar-refractivity contribution is 5.89. The molecule has 0 bridgehead atoms. The summed E-state index contributed by atoms with van der Waals surface area (Å²) in [6.45, 7) is 3.43. The molecule has 0 aliphatic heterocycles. The molecule has 1 atom stereocenters. The topological polar surface area (TPSA) is 71.8 Å². The highest BCUT2D eigenvalue weighted by Crippen LogP contribution is 2.22. The van der Waals surface area contributed by atoms with E-state index < -0.39 is 0 Å². The van der Waals surface area contributed by atoms with Crippen molar-refractivity contribution < 1.29 is 23.7 Å². The Morgan fingerprint density at radius 1 is 1.07 bits per heavy atom. The minimum absolute atomic E-state index is 0.300. The molecule has 158 valence electrons. The van der Waals surface area contributed by atoms with Crippen molar-refractivity contribution in [2.45, 2.75) is 19.8 Å². The van der Waals surface area contributed by atoms with Crippen molar-refractivity contribution in [3.05, 3.63) is 83.9 Å². The first kappa shape index (κ1) is 21.5. The Hall–Kier alpha value is -3.16. The van der Waals surface area contributed by atoms with Crippen LogP contribution in [0.1, 0.15) is 34.6 Å². The van der Waals surface area contributed by atoms with Crippen molar-refractivity contribution in [1.29, 1.82) is 0 Å². The molecule has 0 radical (unpaired) electrons. The number of imidazole rings is 1. The molecule has 3 rings (SSSR count). The van der Waals surface area contributed by atoms with Gasteiger partial charge in [-0.15, -0.1) is 0 Å². The van der Waals surface area contributed by atoms with Crippen LogP contribution in [0.25, 0.3) is 0 Å². The molecule has 0 amide bonds. The molecule has 1 heterocycles. The van der Waals surface area contributed by atoms with Gasteiger partial charge >= 0.3 is 5.97 Å². The molecule has 0 saturated heterocycles. The first-order valence-corrected chi connectivity index (χ1v) is 9.78. The van der Waals surface area contributed by atoms with Gasteiger partial charge in [-0.2, -0.15) is 0 Å². The minimum Gasteiger partial charge on any atom is -0.497 e. The number of rotatable bonds is 11. The molecular weight excluding hydrogens is 384 g/mol. The molecule has 3 aromatic rings. The zero-order valence-corrected chi connectivity index (χ0v) is 17.2. The number of esters is 1. The van der Waals surface area contributed by atoms with Crippen LogP contribution in [0.3, 0.4) is 0 Å². The van der Waals surface area contributed by atoms with Crippen LogP contribution >= 0.6 is 0 Å². The number of ether oxygens (including phenoxy) is 4. The van der Waals surface area contributed by atoms with Gasteiger partial charge in [0.2, 0.25) is 0 Å². The Labute approximate surface area is 176 Å². The molecule has 7 heteroatoms. The fraction of sp³-hybridized carbons (Fsp3) is 0.304. The van der Waals surface area contributed by atoms with Gasteiger partial charge in [0.1, 0.15) is 5.75 Å². The maximum Gasteiger partial charge on any atom is 0.338 e. The SMILES string of the molecule is CCOC(=O)c1ccc(COCCOC(c2ccc(OC)cc2)n2ccnc2)cc1. The fourth-order valence-corrected chi connectivity index (χ4v) is 2.89. The van der Waals surface area contributed by atoms with Gasteiger partial charge in [0, 0.05) is 18.0 Å². The Morgan fingerprint density at radius 3 is 2.47 bits per heavy atom. The van der Waals surface area contributed by atoms with Crippen molar-refractivity contribution in [1.82, 2.24) is 9.55 Å². The van der Waals surface area contributed by atoms with Crippen LogP contribution in [0, 0.1) is 0 Å². The number of hydrogen-bond acceptors (Lipinski definition) is 6. The Kier molecular flexibility index (Phi) is 8.00. The van der Waals surface area contributed by atoms with E-state index in [1.165, 1.54) is 0 Å². The molecule has 0 saturated carbocycles. The van der Waals surface area contributed by atoms with Gasteiger partial charge in [0.25, 0.3) is 0 Å². The van der Waals surface area contributed by atoms with Gasteiger partial charge in [-0.05, 0) is 36.8 Å². The fourth-order valence-electron chi connectivity index (χ4n) is 2.89. The van der Waals surface area contributed by atoms with E-state index in [0.717, 1.165) is 16.9 Å². The summed E-state index contributed by atoms with van der Waals surface area (Å²) in [6, 6.07) is 14.9. The van der Waals surface area contributed by atoms with Crippen LogP contribution in [0.5, 0.6) is 5.75 Å². The van der Waals surface area contributed by atoms with Crippen molar-refractivity contribution >= 4 is 5.97 Å². The molecule has 0 aliphatic rings. The van der Waals surface area contributed by atoms with E-state index in [-0.39, 0.29) is 12.2 Å². The van der Waals surface area contributed by atoms with Crippen LogP contribution in [-0.2, 0) is 20.8 Å². The molecule has 1 aromatic heterocycles. The lowest BCUT2D eigenvalue weighted by Crippen LogP contribution is -2.16. The average molecular weight is 410 g/mol. The number of nitrogens with zero attached hydrogens (tertiary/aromatic N) is 2. The summed E-state index contributed by atoms with van der Waals surface area (Å²) < 4.78 is 23.9. The summed E-state index contributed by atoms with van der Waals surface area (Å²) in [7, 11) is 1.64. The van der Waals surface area contributed by atoms with E-state index >= 15 is 0 Å². The molecular formula is C23H26N2O5. The molecule has 0 spiro atoms. The van der Waals surface area contributed by atoms with E-state index in [4.69, 9.17) is 18.9 Å². The lowest BCUT2D eigenvalue weighted by molar-refractivity contribution is -0.0132. The average Bonchev–Trinajstić information content (AvgIpc) is 3.31. The third kappa shape index (κ3) is 5.92. The standard InChI is InChI=1S/C23H26N2O5/c1-3-29-23(26)20-6-4-18(5-7-20)16-28-14-15-30-22(25-13-12-24-17-25)19-8-10-21(27-2)11-9-19/h4-13,17,22H,3,14-16H2,1-2H3. The van der Waals surface area contributed by atoms with Crippen LogP contribution < -0.4 is 4.74 Å². The highest BCUT2D eigenvalue weighted by atomic mass is 16.5. The monoisotopic (exact) mass is 410 g/mol. The lowest BCUT2D eigenvalue weighted by atomic mass is 10.1. The molecule has 0 N–H and O–H groups in total. The Morgan fingerprint density at radius 2 is 1.83 bits per heavy atom. The van der Waals surface area contributed by atoms with E-state index in [1.54, 1.807) is 38.7 Å². The third-order valence-electron chi connectivity index (χ3n) is 4.43. The van der Waals surface area contributed by atoms with Crippen LogP contribution in [0.2, 0.25) is 0 Å². The van der Waals surface area contributed by atoms with Crippen LogP contribution in [-0.4, -0.2) is 42.5 Å². The summed E-state index contributed by atoms with van der Waals surface area (Å²) in [5.74, 6) is 0.475. The number of benzene rings is 2. The number of carbonyl (C=O) groups is 1. The van der Waals surface area contributed by atoms with E-state index in [1.807, 2.05) is 47.2 Å². The van der Waals surface area contributed by atoms with Crippen molar-refractivity contribution in [2.24, 2.45) is 0 Å². The first-order chi connectivity index (χ1) is 14.7. The molecule has 0 aliphatic carbocycles. The second-order valence-corrected chi connectivity index (χ2v) is 6.48. The predicted molar refractivity (Wildman–Crippen MR) is 111 cm³/mol.